The number of aromatic nitrogens is 2. The van der Waals surface area contributed by atoms with Crippen molar-refractivity contribution >= 4 is 22.5 Å². The molecule has 10 heteroatoms. The van der Waals surface area contributed by atoms with Crippen LogP contribution >= 0.6 is 11.3 Å². The van der Waals surface area contributed by atoms with E-state index in [-0.39, 0.29) is 16.5 Å². The topological polar surface area (TPSA) is 80.0 Å². The van der Waals surface area contributed by atoms with Gasteiger partial charge in [0.15, 0.2) is 0 Å². The van der Waals surface area contributed by atoms with Gasteiger partial charge in [0, 0.05) is 0 Å². The molecule has 0 fully saturated rings. The number of hydrogen-bond acceptors (Lipinski definition) is 5. The molecule has 2 amide bonds. The van der Waals surface area contributed by atoms with Crippen LogP contribution in [0.1, 0.15) is 23.7 Å². The molecule has 2 N–H and O–H groups in total. The van der Waals surface area contributed by atoms with Crippen molar-refractivity contribution in [3.63, 3.8) is 0 Å². The number of urea groups is 1. The first-order valence-electron chi connectivity index (χ1n) is 5.38. The van der Waals surface area contributed by atoms with Gasteiger partial charge in [-0.2, -0.15) is 13.2 Å². The summed E-state index contributed by atoms with van der Waals surface area (Å²) >= 11 is 0.250. The highest BCUT2D eigenvalue weighted by molar-refractivity contribution is 7.15. The summed E-state index contributed by atoms with van der Waals surface area (Å²) in [5, 5.41) is 9.52. The number of nitrogens with one attached hydrogen (secondary N) is 2. The predicted octanol–water partition coefficient (Wildman–Crippen LogP) is 3.03. The average Bonchev–Trinajstić information content (AvgIpc) is 2.97. The lowest BCUT2D eigenvalue weighted by molar-refractivity contribution is -0.138. The molecule has 0 aliphatic heterocycles. The van der Waals surface area contributed by atoms with Gasteiger partial charge >= 0.3 is 12.2 Å². The summed E-state index contributed by atoms with van der Waals surface area (Å²) < 4.78 is 42.0. The molecule has 0 saturated heterocycles. The maximum absolute atomic E-state index is 12.3. The predicted molar refractivity (Wildman–Crippen MR) is 64.2 cm³/mol. The number of alkyl halides is 3. The van der Waals surface area contributed by atoms with Crippen molar-refractivity contribution in [1.82, 2.24) is 15.5 Å². The van der Waals surface area contributed by atoms with Crippen molar-refractivity contribution in [2.24, 2.45) is 0 Å². The maximum atomic E-state index is 12.3. The van der Waals surface area contributed by atoms with Gasteiger partial charge in [-0.25, -0.2) is 4.79 Å². The summed E-state index contributed by atoms with van der Waals surface area (Å²) in [6, 6.07) is 2.20. The molecule has 20 heavy (non-hydrogen) atoms. The lowest BCUT2D eigenvalue weighted by Gasteiger charge is -2.10. The molecular formula is C10H9F3N4O2S. The minimum absolute atomic E-state index is 0.235. The molecular weight excluding hydrogens is 297 g/mol. The van der Waals surface area contributed by atoms with Crippen molar-refractivity contribution in [3.05, 3.63) is 29.2 Å². The maximum Gasteiger partial charge on any atom is 0.445 e. The van der Waals surface area contributed by atoms with Gasteiger partial charge in [0.25, 0.3) is 0 Å². The minimum atomic E-state index is -4.57. The van der Waals surface area contributed by atoms with E-state index in [0.29, 0.717) is 5.76 Å². The Balaban J connectivity index is 1.93. The zero-order valence-electron chi connectivity index (χ0n) is 10.1. The number of hydrogen-bond donors (Lipinski definition) is 2. The fraction of sp³-hybridized carbons (Fsp3) is 0.300. The van der Waals surface area contributed by atoms with E-state index in [1.54, 1.807) is 19.1 Å². The SMILES string of the molecule is C[C@H](NC(=O)Nc1nnc(C(F)(F)F)s1)c1ccco1. The Hall–Kier alpha value is -2.10. The number of anilines is 1. The molecule has 2 heterocycles. The lowest BCUT2D eigenvalue weighted by atomic mass is 10.2. The van der Waals surface area contributed by atoms with Crippen LogP contribution in [0.3, 0.4) is 0 Å². The van der Waals surface area contributed by atoms with Crippen molar-refractivity contribution in [3.8, 4) is 0 Å². The smallest absolute Gasteiger partial charge is 0.445 e. The first kappa shape index (κ1) is 14.3. The Morgan fingerprint density at radius 3 is 2.75 bits per heavy atom. The number of halogens is 3. The molecule has 0 saturated carbocycles. The monoisotopic (exact) mass is 306 g/mol. The van der Waals surface area contributed by atoms with Crippen LogP contribution in [-0.2, 0) is 6.18 Å². The summed E-state index contributed by atoms with van der Waals surface area (Å²) in [5.41, 5.74) is 0. The highest BCUT2D eigenvalue weighted by Crippen LogP contribution is 2.32. The number of carbonyl (C=O) groups is 1. The van der Waals surface area contributed by atoms with Crippen molar-refractivity contribution in [2.75, 3.05) is 5.32 Å². The molecule has 0 spiro atoms. The summed E-state index contributed by atoms with van der Waals surface area (Å²) in [4.78, 5) is 11.6. The van der Waals surface area contributed by atoms with E-state index >= 15 is 0 Å². The minimum Gasteiger partial charge on any atom is -0.467 e. The number of rotatable bonds is 3. The zero-order chi connectivity index (χ0) is 14.8. The third-order valence-electron chi connectivity index (χ3n) is 2.21. The Kier molecular flexibility index (Phi) is 3.93. The van der Waals surface area contributed by atoms with E-state index in [4.69, 9.17) is 4.42 Å². The van der Waals surface area contributed by atoms with Crippen molar-refractivity contribution in [1.29, 1.82) is 0 Å². The molecule has 1 atom stereocenters. The van der Waals surface area contributed by atoms with E-state index in [9.17, 15) is 18.0 Å². The fourth-order valence-electron chi connectivity index (χ4n) is 1.33. The van der Waals surface area contributed by atoms with E-state index < -0.39 is 23.3 Å². The second kappa shape index (κ2) is 5.49. The normalized spacial score (nSPS) is 13.0. The molecule has 0 aliphatic rings. The molecule has 0 bridgehead atoms. The average molecular weight is 306 g/mol. The summed E-state index contributed by atoms with van der Waals surface area (Å²) in [6.07, 6.45) is -3.12. The number of carbonyl (C=O) groups excluding carboxylic acids is 1. The molecule has 108 valence electrons. The molecule has 2 rings (SSSR count). The van der Waals surface area contributed by atoms with E-state index in [2.05, 4.69) is 20.8 Å². The van der Waals surface area contributed by atoms with Gasteiger partial charge in [0.1, 0.15) is 5.76 Å². The van der Waals surface area contributed by atoms with Crippen LogP contribution in [0.25, 0.3) is 0 Å². The molecule has 6 nitrogen and oxygen atoms in total. The van der Waals surface area contributed by atoms with Gasteiger partial charge in [-0.15, -0.1) is 10.2 Å². The first-order valence-corrected chi connectivity index (χ1v) is 6.19. The third-order valence-corrected chi connectivity index (χ3v) is 3.09. The lowest BCUT2D eigenvalue weighted by Crippen LogP contribution is -2.30. The van der Waals surface area contributed by atoms with Crippen molar-refractivity contribution < 1.29 is 22.4 Å². The van der Waals surface area contributed by atoms with E-state index in [0.717, 1.165) is 0 Å². The Morgan fingerprint density at radius 1 is 1.45 bits per heavy atom. The van der Waals surface area contributed by atoms with Gasteiger partial charge in [0.2, 0.25) is 10.1 Å². The van der Waals surface area contributed by atoms with Crippen LogP contribution in [0, 0.1) is 0 Å². The van der Waals surface area contributed by atoms with Crippen LogP contribution in [-0.4, -0.2) is 16.2 Å². The number of furan rings is 1. The Morgan fingerprint density at radius 2 is 2.20 bits per heavy atom. The van der Waals surface area contributed by atoms with Gasteiger partial charge in [-0.05, 0) is 19.1 Å². The highest BCUT2D eigenvalue weighted by atomic mass is 32.1. The second-order valence-electron chi connectivity index (χ2n) is 3.75. The van der Waals surface area contributed by atoms with Gasteiger partial charge in [-0.3, -0.25) is 5.32 Å². The molecule has 0 unspecified atom stereocenters. The van der Waals surface area contributed by atoms with E-state index in [1.807, 2.05) is 0 Å². The molecule has 0 radical (unpaired) electrons. The van der Waals surface area contributed by atoms with Crippen LogP contribution in [0.4, 0.5) is 23.1 Å². The first-order chi connectivity index (χ1) is 9.36. The quantitative estimate of drug-likeness (QED) is 0.913. The number of amides is 2. The summed E-state index contributed by atoms with van der Waals surface area (Å²) in [5.74, 6) is 0.522. The Bertz CT molecular complexity index is 582. The van der Waals surface area contributed by atoms with Gasteiger partial charge in [0.05, 0.1) is 12.3 Å². The van der Waals surface area contributed by atoms with Gasteiger partial charge in [-0.1, -0.05) is 11.3 Å². The second-order valence-corrected chi connectivity index (χ2v) is 4.72. The van der Waals surface area contributed by atoms with Crippen LogP contribution in [0.5, 0.6) is 0 Å². The standard InChI is InChI=1S/C10H9F3N4O2S/c1-5(6-3-2-4-19-6)14-8(18)15-9-17-16-7(20-9)10(11,12)13/h2-5H,1H3,(H2,14,15,17,18)/t5-/m0/s1. The van der Waals surface area contributed by atoms with Crippen LogP contribution in [0.2, 0.25) is 0 Å². The molecule has 0 aromatic carbocycles. The Labute approximate surface area is 115 Å². The molecule has 0 aliphatic carbocycles. The molecule has 2 aromatic rings. The van der Waals surface area contributed by atoms with Crippen molar-refractivity contribution in [2.45, 2.75) is 19.1 Å². The zero-order valence-corrected chi connectivity index (χ0v) is 10.9. The van der Waals surface area contributed by atoms with E-state index in [1.165, 1.54) is 6.26 Å². The largest absolute Gasteiger partial charge is 0.467 e. The highest BCUT2D eigenvalue weighted by Gasteiger charge is 2.35. The van der Waals surface area contributed by atoms with Crippen LogP contribution < -0.4 is 10.6 Å². The summed E-state index contributed by atoms with van der Waals surface area (Å²) in [6.45, 7) is 1.67. The molecule has 2 aromatic heterocycles. The fourth-order valence-corrected chi connectivity index (χ4v) is 1.93. The third kappa shape index (κ3) is 3.47. The van der Waals surface area contributed by atoms with Crippen LogP contribution in [0.15, 0.2) is 22.8 Å². The summed E-state index contributed by atoms with van der Waals surface area (Å²) in [7, 11) is 0. The van der Waals surface area contributed by atoms with Gasteiger partial charge < -0.3 is 9.73 Å². The number of nitrogens with zero attached hydrogens (tertiary/aromatic N) is 2.